The van der Waals surface area contributed by atoms with E-state index < -0.39 is 0 Å². The van der Waals surface area contributed by atoms with Gasteiger partial charge < -0.3 is 19.9 Å². The third-order valence-electron chi connectivity index (χ3n) is 4.08. The van der Waals surface area contributed by atoms with Crippen LogP contribution in [0.2, 0.25) is 5.02 Å². The highest BCUT2D eigenvalue weighted by Gasteiger charge is 2.16. The number of nitrogens with one attached hydrogen (secondary N) is 1. The van der Waals surface area contributed by atoms with Crippen molar-refractivity contribution in [3.8, 4) is 5.75 Å². The Hall–Kier alpha value is -2.05. The van der Waals surface area contributed by atoms with Crippen molar-refractivity contribution in [2.45, 2.75) is 6.92 Å². The van der Waals surface area contributed by atoms with Gasteiger partial charge in [0.25, 0.3) is 0 Å². The summed E-state index contributed by atoms with van der Waals surface area (Å²) >= 11 is 6.18. The number of rotatable bonds is 4. The molecule has 1 fully saturated rings. The zero-order valence-corrected chi connectivity index (χ0v) is 15.0. The molecule has 0 spiro atoms. The molecule has 1 aliphatic rings. The number of likely N-dealkylation sites (N-methyl/N-ethyl adjacent to an activating group) is 1. The van der Waals surface area contributed by atoms with Crippen molar-refractivity contribution in [1.29, 1.82) is 0 Å². The summed E-state index contributed by atoms with van der Waals surface area (Å²) in [4.78, 5) is 13.7. The normalized spacial score (nSPS) is 15.4. The topological polar surface area (TPSA) is 53.5 Å². The van der Waals surface area contributed by atoms with Crippen LogP contribution in [0.3, 0.4) is 0 Å². The number of ether oxygens (including phenoxy) is 1. The summed E-state index contributed by atoms with van der Waals surface area (Å²) in [7, 11) is 3.74. The maximum Gasteiger partial charge on any atom is 0.137 e. The molecule has 1 aliphatic heterocycles. The quantitative estimate of drug-likeness (QED) is 0.917. The summed E-state index contributed by atoms with van der Waals surface area (Å²) in [6, 6.07) is 7.56. The van der Waals surface area contributed by atoms with E-state index in [4.69, 9.17) is 16.3 Å². The molecule has 1 aromatic carbocycles. The zero-order chi connectivity index (χ0) is 17.1. The fourth-order valence-corrected chi connectivity index (χ4v) is 2.96. The predicted octanol–water partition coefficient (Wildman–Crippen LogP) is 2.94. The first-order valence-corrected chi connectivity index (χ1v) is 8.32. The SMILES string of the molecule is COc1ccc(Nc2cc(N3CCN(C)CC3)nc(C)n2)cc1Cl. The van der Waals surface area contributed by atoms with Gasteiger partial charge >= 0.3 is 0 Å². The monoisotopic (exact) mass is 347 g/mol. The van der Waals surface area contributed by atoms with Crippen LogP contribution in [-0.2, 0) is 0 Å². The molecule has 1 N–H and O–H groups in total. The minimum Gasteiger partial charge on any atom is -0.495 e. The highest BCUT2D eigenvalue weighted by atomic mass is 35.5. The van der Waals surface area contributed by atoms with Crippen molar-refractivity contribution in [2.24, 2.45) is 0 Å². The molecule has 2 heterocycles. The fourth-order valence-electron chi connectivity index (χ4n) is 2.71. The van der Waals surface area contributed by atoms with Gasteiger partial charge in [-0.15, -0.1) is 0 Å². The second-order valence-electron chi connectivity index (χ2n) is 5.92. The van der Waals surface area contributed by atoms with Crippen molar-refractivity contribution in [3.63, 3.8) is 0 Å². The number of halogens is 1. The van der Waals surface area contributed by atoms with Gasteiger partial charge in [0.2, 0.25) is 0 Å². The summed E-state index contributed by atoms with van der Waals surface area (Å²) in [6.07, 6.45) is 0. The molecule has 6 nitrogen and oxygen atoms in total. The van der Waals surface area contributed by atoms with Gasteiger partial charge in [-0.3, -0.25) is 0 Å². The number of piperazine rings is 1. The van der Waals surface area contributed by atoms with Crippen molar-refractivity contribution in [1.82, 2.24) is 14.9 Å². The van der Waals surface area contributed by atoms with Crippen LogP contribution >= 0.6 is 11.6 Å². The average molecular weight is 348 g/mol. The van der Waals surface area contributed by atoms with Crippen LogP contribution in [0.1, 0.15) is 5.82 Å². The molecule has 0 bridgehead atoms. The molecule has 0 radical (unpaired) electrons. The lowest BCUT2D eigenvalue weighted by Crippen LogP contribution is -2.44. The van der Waals surface area contributed by atoms with E-state index in [1.54, 1.807) is 7.11 Å². The molecular formula is C17H22ClN5O. The highest BCUT2D eigenvalue weighted by molar-refractivity contribution is 6.32. The average Bonchev–Trinajstić information content (AvgIpc) is 2.55. The molecule has 2 aromatic rings. The molecule has 0 saturated carbocycles. The van der Waals surface area contributed by atoms with E-state index in [1.165, 1.54) is 0 Å². The van der Waals surface area contributed by atoms with Crippen LogP contribution < -0.4 is 15.0 Å². The third kappa shape index (κ3) is 3.88. The van der Waals surface area contributed by atoms with Gasteiger partial charge in [0.05, 0.1) is 12.1 Å². The van der Waals surface area contributed by atoms with Crippen molar-refractivity contribution in [3.05, 3.63) is 35.1 Å². The van der Waals surface area contributed by atoms with Gasteiger partial charge in [-0.1, -0.05) is 11.6 Å². The Balaban J connectivity index is 1.80. The van der Waals surface area contributed by atoms with Crippen LogP contribution in [0.5, 0.6) is 5.75 Å². The minimum absolute atomic E-state index is 0.563. The Morgan fingerprint density at radius 1 is 1.12 bits per heavy atom. The van der Waals surface area contributed by atoms with Gasteiger partial charge in [-0.05, 0) is 32.2 Å². The maximum absolute atomic E-state index is 6.18. The number of aromatic nitrogens is 2. The first kappa shape index (κ1) is 16.8. The predicted molar refractivity (Wildman–Crippen MR) is 97.8 cm³/mol. The van der Waals surface area contributed by atoms with E-state index in [0.29, 0.717) is 10.8 Å². The highest BCUT2D eigenvalue weighted by Crippen LogP contribution is 2.29. The number of nitrogens with zero attached hydrogens (tertiary/aromatic N) is 4. The van der Waals surface area contributed by atoms with E-state index in [2.05, 4.69) is 32.1 Å². The molecule has 1 aromatic heterocycles. The summed E-state index contributed by atoms with van der Waals surface area (Å²) in [5.74, 6) is 3.11. The Kier molecular flexibility index (Phi) is 5.06. The van der Waals surface area contributed by atoms with E-state index in [9.17, 15) is 0 Å². The Labute approximate surface area is 147 Å². The molecule has 0 amide bonds. The molecule has 0 aliphatic carbocycles. The molecular weight excluding hydrogens is 326 g/mol. The van der Waals surface area contributed by atoms with Gasteiger partial charge in [-0.25, -0.2) is 9.97 Å². The Morgan fingerprint density at radius 2 is 1.88 bits per heavy atom. The van der Waals surface area contributed by atoms with E-state index >= 15 is 0 Å². The lowest BCUT2D eigenvalue weighted by molar-refractivity contribution is 0.312. The molecule has 128 valence electrons. The van der Waals surface area contributed by atoms with Gasteiger partial charge in [0.15, 0.2) is 0 Å². The number of methoxy groups -OCH3 is 1. The molecule has 7 heteroatoms. The zero-order valence-electron chi connectivity index (χ0n) is 14.2. The number of hydrogen-bond donors (Lipinski definition) is 1. The number of hydrogen-bond acceptors (Lipinski definition) is 6. The van der Waals surface area contributed by atoms with Crippen LogP contribution in [0.15, 0.2) is 24.3 Å². The Morgan fingerprint density at radius 3 is 2.54 bits per heavy atom. The standard InChI is InChI=1S/C17H22ClN5O/c1-12-19-16(21-13-4-5-15(24-3)14(18)10-13)11-17(20-12)23-8-6-22(2)7-9-23/h4-5,10-11H,6-9H2,1-3H3,(H,19,20,21). The fraction of sp³-hybridized carbons (Fsp3) is 0.412. The van der Waals surface area contributed by atoms with Gasteiger partial charge in [0, 0.05) is 37.9 Å². The lowest BCUT2D eigenvalue weighted by Gasteiger charge is -2.33. The van der Waals surface area contributed by atoms with Crippen LogP contribution in [0, 0.1) is 6.92 Å². The smallest absolute Gasteiger partial charge is 0.137 e. The summed E-state index contributed by atoms with van der Waals surface area (Å²) in [5.41, 5.74) is 0.864. The summed E-state index contributed by atoms with van der Waals surface area (Å²) in [6.45, 7) is 5.94. The lowest BCUT2D eigenvalue weighted by atomic mass is 10.3. The van der Waals surface area contributed by atoms with Crippen molar-refractivity contribution in [2.75, 3.05) is 50.6 Å². The molecule has 0 unspecified atom stereocenters. The van der Waals surface area contributed by atoms with Crippen LogP contribution in [0.25, 0.3) is 0 Å². The molecule has 3 rings (SSSR count). The van der Waals surface area contributed by atoms with Crippen LogP contribution in [0.4, 0.5) is 17.3 Å². The molecule has 1 saturated heterocycles. The summed E-state index contributed by atoms with van der Waals surface area (Å²) < 4.78 is 5.18. The van der Waals surface area contributed by atoms with Crippen molar-refractivity contribution >= 4 is 28.9 Å². The number of aryl methyl sites for hydroxylation is 1. The van der Waals surface area contributed by atoms with E-state index in [0.717, 1.165) is 49.3 Å². The largest absolute Gasteiger partial charge is 0.495 e. The number of benzene rings is 1. The minimum atomic E-state index is 0.563. The summed E-state index contributed by atoms with van der Waals surface area (Å²) in [5, 5.41) is 3.86. The van der Waals surface area contributed by atoms with Crippen LogP contribution in [-0.4, -0.2) is 55.2 Å². The Bertz CT molecular complexity index is 716. The number of anilines is 3. The van der Waals surface area contributed by atoms with E-state index in [-0.39, 0.29) is 0 Å². The van der Waals surface area contributed by atoms with E-state index in [1.807, 2.05) is 31.2 Å². The van der Waals surface area contributed by atoms with Gasteiger partial charge in [0.1, 0.15) is 23.2 Å². The second-order valence-corrected chi connectivity index (χ2v) is 6.33. The first-order valence-electron chi connectivity index (χ1n) is 7.95. The molecule has 0 atom stereocenters. The third-order valence-corrected chi connectivity index (χ3v) is 4.37. The second kappa shape index (κ2) is 7.23. The molecule has 24 heavy (non-hydrogen) atoms. The van der Waals surface area contributed by atoms with Crippen molar-refractivity contribution < 1.29 is 4.74 Å². The van der Waals surface area contributed by atoms with Gasteiger partial charge in [-0.2, -0.15) is 0 Å². The first-order chi connectivity index (χ1) is 11.5. The maximum atomic E-state index is 6.18.